The SMILES string of the molecule is CCC1CCCCC1C1CCCCC1NC. The van der Waals surface area contributed by atoms with E-state index in [9.17, 15) is 0 Å². The minimum Gasteiger partial charge on any atom is -0.317 e. The lowest BCUT2D eigenvalue weighted by atomic mass is 9.65. The smallest absolute Gasteiger partial charge is 0.00950 e. The molecule has 4 atom stereocenters. The van der Waals surface area contributed by atoms with Gasteiger partial charge in [-0.05, 0) is 44.1 Å². The summed E-state index contributed by atoms with van der Waals surface area (Å²) < 4.78 is 0. The molecule has 2 aliphatic carbocycles. The molecule has 2 fully saturated rings. The summed E-state index contributed by atoms with van der Waals surface area (Å²) >= 11 is 0. The molecule has 4 unspecified atom stereocenters. The quantitative estimate of drug-likeness (QED) is 0.763. The highest BCUT2D eigenvalue weighted by molar-refractivity contribution is 4.89. The number of hydrogen-bond acceptors (Lipinski definition) is 1. The van der Waals surface area contributed by atoms with E-state index in [-0.39, 0.29) is 0 Å². The first-order chi connectivity index (χ1) is 7.86. The molecule has 0 aromatic heterocycles. The second kappa shape index (κ2) is 6.05. The molecule has 0 bridgehead atoms. The molecule has 0 aliphatic heterocycles. The highest BCUT2D eigenvalue weighted by Gasteiger charge is 2.35. The monoisotopic (exact) mass is 223 g/mol. The molecule has 94 valence electrons. The minimum atomic E-state index is 0.825. The van der Waals surface area contributed by atoms with Gasteiger partial charge >= 0.3 is 0 Å². The first-order valence-electron chi connectivity index (χ1n) is 7.54. The van der Waals surface area contributed by atoms with Crippen LogP contribution in [0.5, 0.6) is 0 Å². The number of rotatable bonds is 3. The summed E-state index contributed by atoms with van der Waals surface area (Å²) in [7, 11) is 2.17. The number of nitrogens with one attached hydrogen (secondary N) is 1. The summed E-state index contributed by atoms with van der Waals surface area (Å²) in [5.41, 5.74) is 0. The van der Waals surface area contributed by atoms with E-state index in [1.165, 1.54) is 57.8 Å². The zero-order chi connectivity index (χ0) is 11.4. The molecule has 0 spiro atoms. The lowest BCUT2D eigenvalue weighted by Gasteiger charge is -2.43. The van der Waals surface area contributed by atoms with Gasteiger partial charge in [-0.1, -0.05) is 45.4 Å². The van der Waals surface area contributed by atoms with Gasteiger partial charge in [0.15, 0.2) is 0 Å². The van der Waals surface area contributed by atoms with Crippen molar-refractivity contribution < 1.29 is 0 Å². The van der Waals surface area contributed by atoms with Crippen molar-refractivity contribution in [2.24, 2.45) is 17.8 Å². The fourth-order valence-electron chi connectivity index (χ4n) is 4.34. The molecule has 0 amide bonds. The second-order valence-corrected chi connectivity index (χ2v) is 5.96. The van der Waals surface area contributed by atoms with Gasteiger partial charge in [-0.3, -0.25) is 0 Å². The summed E-state index contributed by atoms with van der Waals surface area (Å²) in [5, 5.41) is 3.60. The minimum absolute atomic E-state index is 0.825. The maximum Gasteiger partial charge on any atom is 0.00950 e. The first-order valence-corrected chi connectivity index (χ1v) is 7.54. The van der Waals surface area contributed by atoms with Crippen molar-refractivity contribution in [3.63, 3.8) is 0 Å². The van der Waals surface area contributed by atoms with E-state index in [1.54, 1.807) is 0 Å². The molecule has 1 nitrogen and oxygen atoms in total. The number of hydrogen-bond donors (Lipinski definition) is 1. The average molecular weight is 223 g/mol. The third-order valence-electron chi connectivity index (χ3n) is 5.23. The highest BCUT2D eigenvalue weighted by Crippen LogP contribution is 2.42. The fourth-order valence-corrected chi connectivity index (χ4v) is 4.34. The molecule has 0 heterocycles. The predicted octanol–water partition coefficient (Wildman–Crippen LogP) is 3.98. The summed E-state index contributed by atoms with van der Waals surface area (Å²) in [4.78, 5) is 0. The zero-order valence-corrected chi connectivity index (χ0v) is 11.2. The highest BCUT2D eigenvalue weighted by atomic mass is 14.9. The third-order valence-corrected chi connectivity index (χ3v) is 5.23. The van der Waals surface area contributed by atoms with Crippen LogP contribution in [0.25, 0.3) is 0 Å². The molecule has 1 heteroatoms. The Balaban J connectivity index is 2.01. The van der Waals surface area contributed by atoms with Gasteiger partial charge in [0.05, 0.1) is 0 Å². The van der Waals surface area contributed by atoms with Crippen LogP contribution < -0.4 is 5.32 Å². The summed E-state index contributed by atoms with van der Waals surface area (Å²) in [6.07, 6.45) is 13.3. The molecule has 0 radical (unpaired) electrons. The lowest BCUT2D eigenvalue weighted by Crippen LogP contribution is -2.43. The van der Waals surface area contributed by atoms with E-state index in [0.717, 1.165) is 23.8 Å². The molecule has 2 rings (SSSR count). The van der Waals surface area contributed by atoms with Crippen molar-refractivity contribution in [3.05, 3.63) is 0 Å². The largest absolute Gasteiger partial charge is 0.317 e. The normalized spacial score (nSPS) is 40.9. The maximum absolute atomic E-state index is 3.60. The Morgan fingerprint density at radius 2 is 1.50 bits per heavy atom. The summed E-state index contributed by atoms with van der Waals surface area (Å²) in [6, 6.07) is 0.825. The van der Waals surface area contributed by atoms with Gasteiger partial charge in [-0.2, -0.15) is 0 Å². The predicted molar refractivity (Wildman–Crippen MR) is 70.5 cm³/mol. The van der Waals surface area contributed by atoms with Gasteiger partial charge in [-0.25, -0.2) is 0 Å². The lowest BCUT2D eigenvalue weighted by molar-refractivity contribution is 0.0993. The zero-order valence-electron chi connectivity index (χ0n) is 11.2. The van der Waals surface area contributed by atoms with Gasteiger partial charge in [0, 0.05) is 6.04 Å². The van der Waals surface area contributed by atoms with Crippen LogP contribution in [0.2, 0.25) is 0 Å². The van der Waals surface area contributed by atoms with Crippen LogP contribution >= 0.6 is 0 Å². The van der Waals surface area contributed by atoms with E-state index in [4.69, 9.17) is 0 Å². The molecule has 0 aromatic rings. The maximum atomic E-state index is 3.60. The van der Waals surface area contributed by atoms with Crippen LogP contribution in [0.15, 0.2) is 0 Å². The molecule has 16 heavy (non-hydrogen) atoms. The van der Waals surface area contributed by atoms with Crippen LogP contribution in [-0.4, -0.2) is 13.1 Å². The van der Waals surface area contributed by atoms with Gasteiger partial charge in [0.2, 0.25) is 0 Å². The van der Waals surface area contributed by atoms with Crippen LogP contribution in [0.4, 0.5) is 0 Å². The standard InChI is InChI=1S/C15H29N/c1-3-12-8-4-5-9-13(12)14-10-6-7-11-15(14)16-2/h12-16H,3-11H2,1-2H3. The van der Waals surface area contributed by atoms with E-state index in [1.807, 2.05) is 0 Å². The summed E-state index contributed by atoms with van der Waals surface area (Å²) in [5.74, 6) is 3.06. The van der Waals surface area contributed by atoms with E-state index in [0.29, 0.717) is 0 Å². The Morgan fingerprint density at radius 3 is 2.19 bits per heavy atom. The first kappa shape index (κ1) is 12.4. The Morgan fingerprint density at radius 1 is 0.875 bits per heavy atom. The molecule has 2 saturated carbocycles. The van der Waals surface area contributed by atoms with Crippen LogP contribution in [-0.2, 0) is 0 Å². The third kappa shape index (κ3) is 2.61. The van der Waals surface area contributed by atoms with Gasteiger partial charge in [-0.15, -0.1) is 0 Å². The van der Waals surface area contributed by atoms with Gasteiger partial charge in [0.1, 0.15) is 0 Å². The van der Waals surface area contributed by atoms with Crippen molar-refractivity contribution in [1.29, 1.82) is 0 Å². The van der Waals surface area contributed by atoms with Gasteiger partial charge in [0.25, 0.3) is 0 Å². The average Bonchev–Trinajstić information content (AvgIpc) is 2.38. The molecular formula is C15H29N. The van der Waals surface area contributed by atoms with Crippen molar-refractivity contribution in [2.45, 2.75) is 70.8 Å². The Bertz CT molecular complexity index is 180. The van der Waals surface area contributed by atoms with E-state index in [2.05, 4.69) is 19.3 Å². The topological polar surface area (TPSA) is 12.0 Å². The van der Waals surface area contributed by atoms with Crippen molar-refractivity contribution >= 4 is 0 Å². The van der Waals surface area contributed by atoms with Crippen LogP contribution in [0, 0.1) is 17.8 Å². The molecule has 0 aromatic carbocycles. The van der Waals surface area contributed by atoms with Crippen molar-refractivity contribution in [3.8, 4) is 0 Å². The fraction of sp³-hybridized carbons (Fsp3) is 1.00. The van der Waals surface area contributed by atoms with E-state index >= 15 is 0 Å². The van der Waals surface area contributed by atoms with Crippen LogP contribution in [0.1, 0.15) is 64.7 Å². The Kier molecular flexibility index (Phi) is 4.69. The molecule has 0 saturated heterocycles. The van der Waals surface area contributed by atoms with Crippen molar-refractivity contribution in [2.75, 3.05) is 7.05 Å². The molecular weight excluding hydrogens is 194 g/mol. The van der Waals surface area contributed by atoms with Gasteiger partial charge < -0.3 is 5.32 Å². The molecule has 2 aliphatic rings. The Hall–Kier alpha value is -0.0400. The van der Waals surface area contributed by atoms with Crippen LogP contribution in [0.3, 0.4) is 0 Å². The van der Waals surface area contributed by atoms with E-state index < -0.39 is 0 Å². The summed E-state index contributed by atoms with van der Waals surface area (Å²) in [6.45, 7) is 2.40. The molecule has 1 N–H and O–H groups in total. The van der Waals surface area contributed by atoms with Crippen molar-refractivity contribution in [1.82, 2.24) is 5.32 Å². The second-order valence-electron chi connectivity index (χ2n) is 5.96. The Labute approximate surface area is 101 Å².